The van der Waals surface area contributed by atoms with Crippen molar-refractivity contribution in [3.63, 3.8) is 0 Å². The van der Waals surface area contributed by atoms with E-state index in [0.717, 1.165) is 5.56 Å². The molecule has 0 bridgehead atoms. The minimum absolute atomic E-state index is 0.0282. The van der Waals surface area contributed by atoms with Gasteiger partial charge in [-0.3, -0.25) is 9.09 Å². The summed E-state index contributed by atoms with van der Waals surface area (Å²) in [5.74, 6) is 0. The molecule has 112 valence electrons. The summed E-state index contributed by atoms with van der Waals surface area (Å²) >= 11 is 0. The van der Waals surface area contributed by atoms with Gasteiger partial charge in [-0.25, -0.2) is 0 Å². The molecular formula is C13H19O6P. The summed E-state index contributed by atoms with van der Waals surface area (Å²) < 4.78 is 27.5. The Morgan fingerprint density at radius 2 is 2.05 bits per heavy atom. The fourth-order valence-electron chi connectivity index (χ4n) is 2.01. The standard InChI is InChI=1S/C13H19O6P/c1-17-20(16)9-11(14)13(15)12(19-20)8-18-7-10-5-3-2-4-6-10/h2-6,11-15H,7-9H2,1H3/t11-,12-,13-,20+/m1/s1. The molecule has 0 saturated carbocycles. The van der Waals surface area contributed by atoms with Gasteiger partial charge in [-0.05, 0) is 5.56 Å². The van der Waals surface area contributed by atoms with Gasteiger partial charge in [0.1, 0.15) is 12.2 Å². The van der Waals surface area contributed by atoms with Crippen LogP contribution in [0.3, 0.4) is 0 Å². The summed E-state index contributed by atoms with van der Waals surface area (Å²) in [6.07, 6.45) is -3.35. The zero-order valence-corrected chi connectivity index (χ0v) is 12.1. The predicted molar refractivity (Wildman–Crippen MR) is 72.5 cm³/mol. The number of aliphatic hydroxyl groups excluding tert-OH is 2. The molecule has 0 unspecified atom stereocenters. The third-order valence-electron chi connectivity index (χ3n) is 3.15. The lowest BCUT2D eigenvalue weighted by molar-refractivity contribution is -0.0927. The van der Waals surface area contributed by atoms with Gasteiger partial charge in [0.2, 0.25) is 0 Å². The monoisotopic (exact) mass is 302 g/mol. The fourth-order valence-corrected chi connectivity index (χ4v) is 3.60. The number of hydrogen-bond acceptors (Lipinski definition) is 6. The van der Waals surface area contributed by atoms with Crippen molar-refractivity contribution >= 4 is 7.60 Å². The minimum Gasteiger partial charge on any atom is -0.390 e. The van der Waals surface area contributed by atoms with Crippen LogP contribution in [-0.4, -0.2) is 48.4 Å². The van der Waals surface area contributed by atoms with Crippen LogP contribution in [0.15, 0.2) is 30.3 Å². The van der Waals surface area contributed by atoms with Crippen LogP contribution in [0.2, 0.25) is 0 Å². The fraction of sp³-hybridized carbons (Fsp3) is 0.538. The number of benzene rings is 1. The largest absolute Gasteiger partial charge is 0.390 e. The number of aliphatic hydroxyl groups is 2. The molecule has 6 nitrogen and oxygen atoms in total. The van der Waals surface area contributed by atoms with E-state index in [1.54, 1.807) is 0 Å². The van der Waals surface area contributed by atoms with Crippen LogP contribution in [0.5, 0.6) is 0 Å². The molecule has 1 heterocycles. The second-order valence-electron chi connectivity index (χ2n) is 4.68. The first kappa shape index (κ1) is 15.6. The van der Waals surface area contributed by atoms with E-state index in [1.807, 2.05) is 30.3 Å². The maximum Gasteiger partial charge on any atom is 0.333 e. The van der Waals surface area contributed by atoms with Gasteiger partial charge in [-0.15, -0.1) is 0 Å². The van der Waals surface area contributed by atoms with Crippen molar-refractivity contribution in [3.05, 3.63) is 35.9 Å². The molecule has 7 heteroatoms. The minimum atomic E-state index is -3.35. The van der Waals surface area contributed by atoms with Crippen molar-refractivity contribution in [3.8, 4) is 0 Å². The first-order chi connectivity index (χ1) is 9.54. The van der Waals surface area contributed by atoms with Crippen molar-refractivity contribution in [1.29, 1.82) is 0 Å². The Morgan fingerprint density at radius 1 is 1.35 bits per heavy atom. The van der Waals surface area contributed by atoms with Crippen LogP contribution in [-0.2, 0) is 25.0 Å². The molecule has 1 saturated heterocycles. The Labute approximate surface area is 117 Å². The van der Waals surface area contributed by atoms with Gasteiger partial charge in [0.25, 0.3) is 0 Å². The maximum absolute atomic E-state index is 12.0. The Morgan fingerprint density at radius 3 is 2.70 bits per heavy atom. The predicted octanol–water partition coefficient (Wildman–Crippen LogP) is 1.16. The van der Waals surface area contributed by atoms with Gasteiger partial charge in [-0.2, -0.15) is 0 Å². The molecule has 4 atom stereocenters. The number of hydrogen-bond donors (Lipinski definition) is 2. The third kappa shape index (κ3) is 3.88. The lowest BCUT2D eigenvalue weighted by Gasteiger charge is -2.35. The molecule has 0 aliphatic carbocycles. The molecule has 2 N–H and O–H groups in total. The molecule has 1 aromatic rings. The van der Waals surface area contributed by atoms with Crippen molar-refractivity contribution in [2.45, 2.75) is 24.9 Å². The number of rotatable bonds is 5. The molecule has 20 heavy (non-hydrogen) atoms. The molecule has 0 amide bonds. The molecule has 0 radical (unpaired) electrons. The van der Waals surface area contributed by atoms with E-state index in [1.165, 1.54) is 7.11 Å². The van der Waals surface area contributed by atoms with Gasteiger partial charge in [0.05, 0.1) is 25.5 Å². The normalized spacial score (nSPS) is 34.0. The van der Waals surface area contributed by atoms with Gasteiger partial charge in [-0.1, -0.05) is 30.3 Å². The highest BCUT2D eigenvalue weighted by Crippen LogP contribution is 2.52. The Bertz CT molecular complexity index is 465. The molecule has 1 aliphatic rings. The highest BCUT2D eigenvalue weighted by molar-refractivity contribution is 7.54. The first-order valence-electron chi connectivity index (χ1n) is 6.35. The maximum atomic E-state index is 12.0. The van der Waals surface area contributed by atoms with Crippen LogP contribution in [0.4, 0.5) is 0 Å². The van der Waals surface area contributed by atoms with Crippen molar-refractivity contribution < 1.29 is 28.6 Å². The summed E-state index contributed by atoms with van der Waals surface area (Å²) in [5.41, 5.74) is 0.980. The summed E-state index contributed by atoms with van der Waals surface area (Å²) in [7, 11) is -2.09. The van der Waals surface area contributed by atoms with E-state index in [-0.39, 0.29) is 12.8 Å². The van der Waals surface area contributed by atoms with Crippen molar-refractivity contribution in [2.75, 3.05) is 19.9 Å². The smallest absolute Gasteiger partial charge is 0.333 e. The van der Waals surface area contributed by atoms with E-state index in [4.69, 9.17) is 13.8 Å². The molecule has 1 aliphatic heterocycles. The summed E-state index contributed by atoms with van der Waals surface area (Å²) in [4.78, 5) is 0. The molecular weight excluding hydrogens is 283 g/mol. The lowest BCUT2D eigenvalue weighted by atomic mass is 10.1. The van der Waals surface area contributed by atoms with E-state index < -0.39 is 25.9 Å². The molecule has 1 aromatic carbocycles. The summed E-state index contributed by atoms with van der Waals surface area (Å²) in [5, 5.41) is 19.5. The Hall–Kier alpha value is -0.750. The van der Waals surface area contributed by atoms with Gasteiger partial charge in [0.15, 0.2) is 0 Å². The second-order valence-corrected chi connectivity index (χ2v) is 6.84. The van der Waals surface area contributed by atoms with Crippen LogP contribution < -0.4 is 0 Å². The van der Waals surface area contributed by atoms with E-state index >= 15 is 0 Å². The average Bonchev–Trinajstić information content (AvgIpc) is 2.45. The first-order valence-corrected chi connectivity index (χ1v) is 8.08. The average molecular weight is 302 g/mol. The van der Waals surface area contributed by atoms with Gasteiger partial charge >= 0.3 is 7.60 Å². The highest BCUT2D eigenvalue weighted by atomic mass is 31.2. The number of ether oxygens (including phenoxy) is 1. The van der Waals surface area contributed by atoms with Crippen LogP contribution in [0, 0.1) is 0 Å². The molecule has 0 spiro atoms. The second kappa shape index (κ2) is 6.80. The van der Waals surface area contributed by atoms with Gasteiger partial charge < -0.3 is 19.5 Å². The molecule has 2 rings (SSSR count). The lowest BCUT2D eigenvalue weighted by Crippen LogP contribution is -2.47. The quantitative estimate of drug-likeness (QED) is 0.794. The highest BCUT2D eigenvalue weighted by Gasteiger charge is 2.43. The SMILES string of the molecule is CO[P@@]1(=O)C[C@@H](O)[C@@H](O)[C@@H](COCc2ccccc2)O1. The Kier molecular flexibility index (Phi) is 5.32. The zero-order chi connectivity index (χ0) is 14.6. The van der Waals surface area contributed by atoms with E-state index in [2.05, 4.69) is 0 Å². The van der Waals surface area contributed by atoms with Crippen LogP contribution in [0.25, 0.3) is 0 Å². The van der Waals surface area contributed by atoms with E-state index in [9.17, 15) is 14.8 Å². The topological polar surface area (TPSA) is 85.2 Å². The van der Waals surface area contributed by atoms with Crippen LogP contribution in [0.1, 0.15) is 5.56 Å². The van der Waals surface area contributed by atoms with Crippen molar-refractivity contribution in [1.82, 2.24) is 0 Å². The van der Waals surface area contributed by atoms with Crippen LogP contribution >= 0.6 is 7.60 Å². The van der Waals surface area contributed by atoms with E-state index in [0.29, 0.717) is 6.61 Å². The molecule has 0 aromatic heterocycles. The summed E-state index contributed by atoms with van der Waals surface area (Å²) in [6, 6.07) is 9.52. The third-order valence-corrected chi connectivity index (χ3v) is 5.12. The van der Waals surface area contributed by atoms with Crippen molar-refractivity contribution in [2.24, 2.45) is 0 Å². The summed E-state index contributed by atoms with van der Waals surface area (Å²) in [6.45, 7) is 0.376. The Balaban J connectivity index is 1.89. The zero-order valence-electron chi connectivity index (χ0n) is 11.2. The molecule has 1 fully saturated rings. The van der Waals surface area contributed by atoms with Gasteiger partial charge in [0, 0.05) is 7.11 Å².